The number of rotatable bonds is 2. The summed E-state index contributed by atoms with van der Waals surface area (Å²) in [4.78, 5) is 14.5. The number of aromatic nitrogens is 2. The lowest BCUT2D eigenvalue weighted by Gasteiger charge is -1.99. The van der Waals surface area contributed by atoms with Crippen LogP contribution in [0.4, 0.5) is 0 Å². The lowest BCUT2D eigenvalue weighted by atomic mass is 10.4. The molecule has 12 heavy (non-hydrogen) atoms. The van der Waals surface area contributed by atoms with E-state index in [1.807, 2.05) is 0 Å². The molecular formula is C6H7N3O3. The van der Waals surface area contributed by atoms with Crippen molar-refractivity contribution in [1.82, 2.24) is 10.3 Å². The Morgan fingerprint density at radius 3 is 3.17 bits per heavy atom. The highest BCUT2D eigenvalue weighted by Gasteiger charge is 2.08. The standard InChI is InChI=1S/C6H7N3O3/c10-4-8-6(11)5-3-9(12)2-1-7-5/h1-3,10H,4H2,(H,8,11). The van der Waals surface area contributed by atoms with E-state index in [2.05, 4.69) is 10.3 Å². The van der Waals surface area contributed by atoms with Crippen LogP contribution in [0.3, 0.4) is 0 Å². The molecule has 0 bridgehead atoms. The van der Waals surface area contributed by atoms with Crippen molar-refractivity contribution in [3.8, 4) is 0 Å². The molecule has 1 rings (SSSR count). The molecule has 0 aliphatic heterocycles. The minimum atomic E-state index is -0.581. The van der Waals surface area contributed by atoms with Gasteiger partial charge >= 0.3 is 0 Å². The molecule has 0 saturated heterocycles. The molecule has 1 amide bonds. The van der Waals surface area contributed by atoms with Crippen molar-refractivity contribution in [3.05, 3.63) is 29.5 Å². The normalized spacial score (nSPS) is 9.42. The second-order valence-corrected chi connectivity index (χ2v) is 1.97. The van der Waals surface area contributed by atoms with Crippen LogP contribution < -0.4 is 10.0 Å². The average molecular weight is 169 g/mol. The first kappa shape index (κ1) is 8.41. The Bertz CT molecular complexity index is 289. The van der Waals surface area contributed by atoms with Gasteiger partial charge in [0.1, 0.15) is 6.73 Å². The Morgan fingerprint density at radius 2 is 2.58 bits per heavy atom. The zero-order valence-corrected chi connectivity index (χ0v) is 6.10. The SMILES string of the molecule is O=C(NCO)c1c[n+]([O-])ccn1. The van der Waals surface area contributed by atoms with Gasteiger partial charge in [-0.2, -0.15) is 4.73 Å². The Kier molecular flexibility index (Phi) is 2.54. The molecule has 0 atom stereocenters. The number of aliphatic hydroxyl groups is 1. The summed E-state index contributed by atoms with van der Waals surface area (Å²) in [5.41, 5.74) is -0.0263. The fourth-order valence-electron chi connectivity index (χ4n) is 0.656. The van der Waals surface area contributed by atoms with Gasteiger partial charge in [-0.05, 0) is 0 Å². The fourth-order valence-corrected chi connectivity index (χ4v) is 0.656. The number of carbonyl (C=O) groups is 1. The number of amides is 1. The molecule has 0 radical (unpaired) electrons. The number of hydrogen-bond donors (Lipinski definition) is 2. The maximum absolute atomic E-state index is 10.9. The topological polar surface area (TPSA) is 89.2 Å². The Labute approximate surface area is 68.1 Å². The second kappa shape index (κ2) is 3.63. The lowest BCUT2D eigenvalue weighted by Crippen LogP contribution is -2.31. The summed E-state index contributed by atoms with van der Waals surface area (Å²) in [7, 11) is 0. The van der Waals surface area contributed by atoms with Crippen LogP contribution in [-0.4, -0.2) is 22.7 Å². The molecule has 0 aliphatic rings. The first-order valence-electron chi connectivity index (χ1n) is 3.18. The molecule has 1 heterocycles. The molecule has 64 valence electrons. The van der Waals surface area contributed by atoms with Crippen molar-refractivity contribution in [2.45, 2.75) is 0 Å². The van der Waals surface area contributed by atoms with E-state index in [9.17, 15) is 10.0 Å². The largest absolute Gasteiger partial charge is 0.619 e. The molecule has 0 saturated carbocycles. The third-order valence-corrected chi connectivity index (χ3v) is 1.15. The van der Waals surface area contributed by atoms with E-state index >= 15 is 0 Å². The van der Waals surface area contributed by atoms with Gasteiger partial charge in [0.05, 0.1) is 6.20 Å². The molecular weight excluding hydrogens is 162 g/mol. The van der Waals surface area contributed by atoms with E-state index in [0.29, 0.717) is 4.73 Å². The summed E-state index contributed by atoms with van der Waals surface area (Å²) in [6.45, 7) is -0.478. The number of nitrogens with one attached hydrogen (secondary N) is 1. The van der Waals surface area contributed by atoms with Crippen molar-refractivity contribution >= 4 is 5.91 Å². The molecule has 6 nitrogen and oxygen atoms in total. The van der Waals surface area contributed by atoms with E-state index in [1.54, 1.807) is 0 Å². The molecule has 1 aromatic rings. The summed E-state index contributed by atoms with van der Waals surface area (Å²) in [5, 5.41) is 21.0. The summed E-state index contributed by atoms with van der Waals surface area (Å²) in [6.07, 6.45) is 3.39. The third-order valence-electron chi connectivity index (χ3n) is 1.15. The third kappa shape index (κ3) is 1.89. The molecule has 0 spiro atoms. The highest BCUT2D eigenvalue weighted by atomic mass is 16.5. The minimum absolute atomic E-state index is 0.0263. The first-order chi connectivity index (χ1) is 5.74. The smallest absolute Gasteiger partial charge is 0.277 e. The molecule has 0 aromatic carbocycles. The van der Waals surface area contributed by atoms with Gasteiger partial charge in [-0.25, -0.2) is 4.98 Å². The molecule has 6 heteroatoms. The predicted octanol–water partition coefficient (Wildman–Crippen LogP) is -1.61. The Hall–Kier alpha value is -1.69. The van der Waals surface area contributed by atoms with Crippen LogP contribution in [0.1, 0.15) is 10.5 Å². The molecule has 2 N–H and O–H groups in total. The van der Waals surface area contributed by atoms with Crippen LogP contribution in [0, 0.1) is 5.21 Å². The summed E-state index contributed by atoms with van der Waals surface area (Å²) in [6, 6.07) is 0. The first-order valence-corrected chi connectivity index (χ1v) is 3.18. The minimum Gasteiger partial charge on any atom is -0.619 e. The zero-order valence-electron chi connectivity index (χ0n) is 6.10. The van der Waals surface area contributed by atoms with Crippen LogP contribution >= 0.6 is 0 Å². The predicted molar refractivity (Wildman–Crippen MR) is 37.7 cm³/mol. The van der Waals surface area contributed by atoms with Crippen molar-refractivity contribution in [1.29, 1.82) is 0 Å². The average Bonchev–Trinajstić information content (AvgIpc) is 2.05. The van der Waals surface area contributed by atoms with Crippen molar-refractivity contribution < 1.29 is 14.6 Å². The van der Waals surface area contributed by atoms with Gasteiger partial charge in [0.25, 0.3) is 5.91 Å². The van der Waals surface area contributed by atoms with Crippen LogP contribution in [0.5, 0.6) is 0 Å². The summed E-state index contributed by atoms with van der Waals surface area (Å²) in [5.74, 6) is -0.581. The van der Waals surface area contributed by atoms with E-state index < -0.39 is 12.6 Å². The fraction of sp³-hybridized carbons (Fsp3) is 0.167. The van der Waals surface area contributed by atoms with E-state index in [4.69, 9.17) is 5.11 Å². The Morgan fingerprint density at radius 1 is 1.83 bits per heavy atom. The van der Waals surface area contributed by atoms with Gasteiger partial charge < -0.3 is 15.6 Å². The van der Waals surface area contributed by atoms with Gasteiger partial charge in [-0.1, -0.05) is 0 Å². The highest BCUT2D eigenvalue weighted by Crippen LogP contribution is 1.86. The number of nitrogens with zero attached hydrogens (tertiary/aromatic N) is 2. The second-order valence-electron chi connectivity index (χ2n) is 1.97. The van der Waals surface area contributed by atoms with Crippen LogP contribution in [0.2, 0.25) is 0 Å². The Balaban J connectivity index is 2.81. The van der Waals surface area contributed by atoms with Gasteiger partial charge in [0, 0.05) is 0 Å². The van der Waals surface area contributed by atoms with Gasteiger partial charge in [0.15, 0.2) is 11.9 Å². The summed E-state index contributed by atoms with van der Waals surface area (Å²) < 4.78 is 0.458. The summed E-state index contributed by atoms with van der Waals surface area (Å²) >= 11 is 0. The van der Waals surface area contributed by atoms with E-state index in [-0.39, 0.29) is 5.69 Å². The van der Waals surface area contributed by atoms with Crippen molar-refractivity contribution in [3.63, 3.8) is 0 Å². The number of carbonyl (C=O) groups excluding carboxylic acids is 1. The van der Waals surface area contributed by atoms with Crippen LogP contribution in [0.15, 0.2) is 18.6 Å². The highest BCUT2D eigenvalue weighted by molar-refractivity contribution is 5.91. The molecule has 0 aliphatic carbocycles. The van der Waals surface area contributed by atoms with Gasteiger partial charge in [-0.15, -0.1) is 0 Å². The van der Waals surface area contributed by atoms with E-state index in [0.717, 1.165) is 12.4 Å². The van der Waals surface area contributed by atoms with Gasteiger partial charge in [-0.3, -0.25) is 4.79 Å². The maximum Gasteiger partial charge on any atom is 0.277 e. The van der Waals surface area contributed by atoms with Crippen molar-refractivity contribution in [2.24, 2.45) is 0 Å². The molecule has 0 fully saturated rings. The van der Waals surface area contributed by atoms with Gasteiger partial charge in [0.2, 0.25) is 6.20 Å². The number of hydrogen-bond acceptors (Lipinski definition) is 4. The zero-order chi connectivity index (χ0) is 8.97. The molecule has 1 aromatic heterocycles. The van der Waals surface area contributed by atoms with E-state index in [1.165, 1.54) is 6.20 Å². The number of aliphatic hydroxyl groups excluding tert-OH is 1. The van der Waals surface area contributed by atoms with Crippen LogP contribution in [-0.2, 0) is 0 Å². The molecule has 0 unspecified atom stereocenters. The lowest BCUT2D eigenvalue weighted by molar-refractivity contribution is -0.606. The maximum atomic E-state index is 10.9. The monoisotopic (exact) mass is 169 g/mol. The van der Waals surface area contributed by atoms with Crippen LogP contribution in [0.25, 0.3) is 0 Å². The van der Waals surface area contributed by atoms with Crippen molar-refractivity contribution in [2.75, 3.05) is 6.73 Å². The quantitative estimate of drug-likeness (QED) is 0.317.